The van der Waals surface area contributed by atoms with Crippen molar-refractivity contribution in [1.82, 2.24) is 24.1 Å². The molecule has 0 bridgehead atoms. The van der Waals surface area contributed by atoms with Crippen LogP contribution >= 0.6 is 11.8 Å². The van der Waals surface area contributed by atoms with Crippen molar-refractivity contribution in [3.63, 3.8) is 0 Å². The van der Waals surface area contributed by atoms with Crippen LogP contribution in [0.3, 0.4) is 0 Å². The molecule has 1 amide bonds. The zero-order chi connectivity index (χ0) is 14.3. The van der Waals surface area contributed by atoms with Gasteiger partial charge in [-0.2, -0.15) is 5.10 Å². The molecule has 0 aliphatic rings. The lowest BCUT2D eigenvalue weighted by atomic mass is 10.3. The molecule has 0 saturated heterocycles. The number of hydrogen-bond donors (Lipinski definition) is 1. The summed E-state index contributed by atoms with van der Waals surface area (Å²) in [6, 6.07) is 0. The molecule has 0 unspecified atom stereocenters. The van der Waals surface area contributed by atoms with E-state index < -0.39 is 5.91 Å². The molecule has 3 heterocycles. The van der Waals surface area contributed by atoms with Gasteiger partial charge in [0.05, 0.1) is 18.1 Å². The lowest BCUT2D eigenvalue weighted by Crippen LogP contribution is -2.14. The molecule has 0 radical (unpaired) electrons. The lowest BCUT2D eigenvalue weighted by Gasteiger charge is -2.04. The van der Waals surface area contributed by atoms with Gasteiger partial charge in [-0.3, -0.25) is 13.9 Å². The second-order valence-corrected chi connectivity index (χ2v) is 5.03. The van der Waals surface area contributed by atoms with Crippen molar-refractivity contribution in [3.05, 3.63) is 30.5 Å². The van der Waals surface area contributed by atoms with E-state index in [0.717, 1.165) is 11.3 Å². The van der Waals surface area contributed by atoms with Crippen LogP contribution in [-0.2, 0) is 7.05 Å². The van der Waals surface area contributed by atoms with E-state index in [2.05, 4.69) is 15.1 Å². The predicted octanol–water partition coefficient (Wildman–Crippen LogP) is 0.951. The Balaban J connectivity index is 2.29. The van der Waals surface area contributed by atoms with Crippen LogP contribution in [0.4, 0.5) is 0 Å². The molecule has 0 fully saturated rings. The first-order valence-corrected chi connectivity index (χ1v) is 7.03. The van der Waals surface area contributed by atoms with Crippen molar-refractivity contribution in [2.75, 3.05) is 6.26 Å². The summed E-state index contributed by atoms with van der Waals surface area (Å²) in [5.41, 5.74) is 7.99. The second kappa shape index (κ2) is 4.64. The van der Waals surface area contributed by atoms with E-state index in [0.29, 0.717) is 10.7 Å². The number of carbonyl (C=O) groups is 1. The molecule has 7 nitrogen and oxygen atoms in total. The van der Waals surface area contributed by atoms with Crippen LogP contribution in [0.1, 0.15) is 10.5 Å². The Kier molecular flexibility index (Phi) is 2.94. The SMILES string of the molecule is CSc1nc(C(N)=O)cn2c(-c3cnn(C)c3)cnc12. The van der Waals surface area contributed by atoms with Crippen molar-refractivity contribution in [3.8, 4) is 11.3 Å². The van der Waals surface area contributed by atoms with Crippen LogP contribution in [0.25, 0.3) is 16.9 Å². The molecule has 20 heavy (non-hydrogen) atoms. The topological polar surface area (TPSA) is 91.1 Å². The van der Waals surface area contributed by atoms with Gasteiger partial charge in [0.25, 0.3) is 5.91 Å². The highest BCUT2D eigenvalue weighted by molar-refractivity contribution is 7.98. The fourth-order valence-corrected chi connectivity index (χ4v) is 2.51. The van der Waals surface area contributed by atoms with Crippen LogP contribution in [0, 0.1) is 0 Å². The van der Waals surface area contributed by atoms with Gasteiger partial charge in [-0.25, -0.2) is 9.97 Å². The molecule has 0 spiro atoms. The van der Waals surface area contributed by atoms with Gasteiger partial charge in [0.2, 0.25) is 0 Å². The van der Waals surface area contributed by atoms with Gasteiger partial charge >= 0.3 is 0 Å². The number of imidazole rings is 1. The number of nitrogens with two attached hydrogens (primary N) is 1. The zero-order valence-electron chi connectivity index (χ0n) is 10.9. The number of fused-ring (bicyclic) bond motifs is 1. The van der Waals surface area contributed by atoms with Crippen molar-refractivity contribution in [2.24, 2.45) is 12.8 Å². The summed E-state index contributed by atoms with van der Waals surface area (Å²) in [5.74, 6) is -0.562. The molecule has 0 saturated carbocycles. The first-order chi connectivity index (χ1) is 9.60. The molecule has 102 valence electrons. The van der Waals surface area contributed by atoms with Gasteiger partial charge in [0, 0.05) is 25.0 Å². The number of thioether (sulfide) groups is 1. The molecule has 0 aliphatic carbocycles. The minimum Gasteiger partial charge on any atom is -0.364 e. The summed E-state index contributed by atoms with van der Waals surface area (Å²) in [6.45, 7) is 0. The first-order valence-electron chi connectivity index (χ1n) is 5.81. The van der Waals surface area contributed by atoms with Crippen molar-refractivity contribution in [2.45, 2.75) is 5.03 Å². The van der Waals surface area contributed by atoms with Crippen LogP contribution < -0.4 is 5.73 Å². The largest absolute Gasteiger partial charge is 0.364 e. The second-order valence-electron chi connectivity index (χ2n) is 4.24. The molecule has 2 N–H and O–H groups in total. The standard InChI is InChI=1S/C12H12N6OS/c1-17-5-7(3-15-17)9-4-14-11-12(20-2)16-8(10(13)19)6-18(9)11/h3-6H,1-2H3,(H2,13,19). The Labute approximate surface area is 118 Å². The number of aromatic nitrogens is 5. The van der Waals surface area contributed by atoms with Crippen molar-refractivity contribution >= 4 is 23.3 Å². The summed E-state index contributed by atoms with van der Waals surface area (Å²) < 4.78 is 3.52. The third kappa shape index (κ3) is 1.94. The zero-order valence-corrected chi connectivity index (χ0v) is 11.8. The van der Waals surface area contributed by atoms with E-state index in [1.54, 1.807) is 23.3 Å². The predicted molar refractivity (Wildman–Crippen MR) is 75.5 cm³/mol. The Morgan fingerprint density at radius 1 is 1.35 bits per heavy atom. The molecular formula is C12H12N6OS. The summed E-state index contributed by atoms with van der Waals surface area (Å²) in [7, 11) is 1.84. The summed E-state index contributed by atoms with van der Waals surface area (Å²) in [5, 5.41) is 4.81. The number of aryl methyl sites for hydroxylation is 1. The van der Waals surface area contributed by atoms with Crippen LogP contribution in [0.15, 0.2) is 29.8 Å². The third-order valence-electron chi connectivity index (χ3n) is 2.91. The number of nitrogens with zero attached hydrogens (tertiary/aromatic N) is 5. The average molecular weight is 288 g/mol. The van der Waals surface area contributed by atoms with E-state index in [1.165, 1.54) is 11.8 Å². The molecule has 0 aliphatic heterocycles. The fraction of sp³-hybridized carbons (Fsp3) is 0.167. The highest BCUT2D eigenvalue weighted by Crippen LogP contribution is 2.25. The van der Waals surface area contributed by atoms with E-state index in [1.807, 2.05) is 23.9 Å². The number of hydrogen-bond acceptors (Lipinski definition) is 5. The van der Waals surface area contributed by atoms with Crippen molar-refractivity contribution < 1.29 is 4.79 Å². The van der Waals surface area contributed by atoms with Gasteiger partial charge in [0.1, 0.15) is 10.7 Å². The quantitative estimate of drug-likeness (QED) is 0.725. The molecule has 0 aromatic carbocycles. The average Bonchev–Trinajstić information content (AvgIpc) is 3.03. The number of rotatable bonds is 3. The van der Waals surface area contributed by atoms with E-state index in [9.17, 15) is 4.79 Å². The smallest absolute Gasteiger partial charge is 0.268 e. The Hall–Kier alpha value is -2.35. The minimum atomic E-state index is -0.562. The maximum atomic E-state index is 11.4. The number of carbonyl (C=O) groups excluding carboxylic acids is 1. The monoisotopic (exact) mass is 288 g/mol. The molecule has 3 aromatic rings. The third-order valence-corrected chi connectivity index (χ3v) is 3.57. The molecule has 3 aromatic heterocycles. The summed E-state index contributed by atoms with van der Waals surface area (Å²) in [6.07, 6.45) is 8.84. The molecule has 0 atom stereocenters. The lowest BCUT2D eigenvalue weighted by molar-refractivity contribution is 0.0994. The van der Waals surface area contributed by atoms with Crippen LogP contribution in [-0.4, -0.2) is 36.3 Å². The van der Waals surface area contributed by atoms with E-state index >= 15 is 0 Å². The van der Waals surface area contributed by atoms with Gasteiger partial charge in [-0.1, -0.05) is 0 Å². The molecule has 3 rings (SSSR count). The molecule has 8 heteroatoms. The Bertz CT molecular complexity index is 805. The highest BCUT2D eigenvalue weighted by atomic mass is 32.2. The highest BCUT2D eigenvalue weighted by Gasteiger charge is 2.15. The van der Waals surface area contributed by atoms with Gasteiger partial charge in [-0.15, -0.1) is 11.8 Å². The maximum Gasteiger partial charge on any atom is 0.268 e. The maximum absolute atomic E-state index is 11.4. The Morgan fingerprint density at radius 3 is 2.75 bits per heavy atom. The Morgan fingerprint density at radius 2 is 2.15 bits per heavy atom. The fourth-order valence-electron chi connectivity index (χ4n) is 1.98. The van der Waals surface area contributed by atoms with Gasteiger partial charge in [0.15, 0.2) is 5.65 Å². The van der Waals surface area contributed by atoms with Crippen LogP contribution in [0.5, 0.6) is 0 Å². The van der Waals surface area contributed by atoms with Gasteiger partial charge < -0.3 is 5.73 Å². The summed E-state index contributed by atoms with van der Waals surface area (Å²) >= 11 is 1.42. The van der Waals surface area contributed by atoms with Gasteiger partial charge in [-0.05, 0) is 6.26 Å². The number of primary amides is 1. The summed E-state index contributed by atoms with van der Waals surface area (Å²) in [4.78, 5) is 20.0. The van der Waals surface area contributed by atoms with E-state index in [-0.39, 0.29) is 5.69 Å². The van der Waals surface area contributed by atoms with Crippen LogP contribution in [0.2, 0.25) is 0 Å². The molecular weight excluding hydrogens is 276 g/mol. The normalized spacial score (nSPS) is 11.1. The minimum absolute atomic E-state index is 0.213. The van der Waals surface area contributed by atoms with E-state index in [4.69, 9.17) is 5.73 Å². The van der Waals surface area contributed by atoms with Crippen molar-refractivity contribution in [1.29, 1.82) is 0 Å². The first kappa shape index (κ1) is 12.7. The number of amides is 1.